The monoisotopic (exact) mass is 442 g/mol. The molecule has 0 unspecified atom stereocenters. The van der Waals surface area contributed by atoms with Crippen LogP contribution >= 0.6 is 11.6 Å². The van der Waals surface area contributed by atoms with Gasteiger partial charge in [-0.25, -0.2) is 5.01 Å². The van der Waals surface area contributed by atoms with Crippen LogP contribution in [0.5, 0.6) is 5.75 Å². The number of rotatable bonds is 5. The number of carbonyl (C=O) groups excluding carboxylic acids is 3. The minimum absolute atomic E-state index is 0.0256. The molecule has 2 N–H and O–H groups in total. The van der Waals surface area contributed by atoms with Gasteiger partial charge >= 0.3 is 0 Å². The highest BCUT2D eigenvalue weighted by atomic mass is 35.5. The van der Waals surface area contributed by atoms with Crippen LogP contribution in [-0.2, 0) is 9.59 Å². The molecule has 3 rings (SSSR count). The number of halogens is 1. The summed E-state index contributed by atoms with van der Waals surface area (Å²) in [4.78, 5) is 37.0. The number of anilines is 1. The molecular formula is C22H23ClN4O4. The Balaban J connectivity index is 1.64. The molecular weight excluding hydrogens is 420 g/mol. The third-order valence-corrected chi connectivity index (χ3v) is 4.88. The summed E-state index contributed by atoms with van der Waals surface area (Å²) < 4.78 is 5.54. The summed E-state index contributed by atoms with van der Waals surface area (Å²) in [5.41, 5.74) is 6.51. The fraction of sp³-hybridized carbons (Fsp3) is 0.273. The maximum absolute atomic E-state index is 12.5. The Labute approximate surface area is 185 Å². The van der Waals surface area contributed by atoms with E-state index in [0.29, 0.717) is 22.0 Å². The number of aryl methyl sites for hydroxylation is 1. The molecule has 2 aromatic rings. The molecule has 1 aliphatic heterocycles. The number of hydrogen-bond acceptors (Lipinski definition) is 5. The van der Waals surface area contributed by atoms with E-state index in [1.54, 1.807) is 42.5 Å². The first kappa shape index (κ1) is 22.3. The minimum atomic E-state index is -0.594. The van der Waals surface area contributed by atoms with Crippen LogP contribution in [0.4, 0.5) is 5.69 Å². The Bertz CT molecular complexity index is 1030. The average molecular weight is 443 g/mol. The number of hydrazine groups is 1. The molecule has 1 aliphatic rings. The molecule has 0 aliphatic carbocycles. The van der Waals surface area contributed by atoms with Crippen molar-refractivity contribution in [2.45, 2.75) is 39.7 Å². The number of nitrogens with one attached hydrogen (secondary N) is 2. The molecule has 8 nitrogen and oxygen atoms in total. The average Bonchev–Trinajstić information content (AvgIpc) is 2.74. The summed E-state index contributed by atoms with van der Waals surface area (Å²) in [5, 5.41) is 5.80. The maximum Gasteiger partial charge on any atom is 0.285 e. The highest BCUT2D eigenvalue weighted by Crippen LogP contribution is 2.26. The van der Waals surface area contributed by atoms with Crippen molar-refractivity contribution in [2.24, 2.45) is 5.10 Å². The Morgan fingerprint density at radius 1 is 1.06 bits per heavy atom. The lowest BCUT2D eigenvalue weighted by molar-refractivity contribution is -0.119. The van der Waals surface area contributed by atoms with Gasteiger partial charge in [-0.2, -0.15) is 5.10 Å². The fourth-order valence-corrected chi connectivity index (χ4v) is 3.02. The SMILES string of the molecule is Cc1ccc(N2N=C(C(=O)NNC(=O)c3ccc(OC(C)C)cc3)CCC2=O)cc1Cl. The lowest BCUT2D eigenvalue weighted by Gasteiger charge is -2.23. The van der Waals surface area contributed by atoms with Gasteiger partial charge in [-0.15, -0.1) is 0 Å². The van der Waals surface area contributed by atoms with Crippen LogP contribution in [-0.4, -0.2) is 29.5 Å². The molecule has 0 fully saturated rings. The quantitative estimate of drug-likeness (QED) is 0.693. The number of ether oxygens (including phenoxy) is 1. The fourth-order valence-electron chi connectivity index (χ4n) is 2.85. The highest BCUT2D eigenvalue weighted by Gasteiger charge is 2.26. The summed E-state index contributed by atoms with van der Waals surface area (Å²) in [6, 6.07) is 11.6. The van der Waals surface area contributed by atoms with E-state index >= 15 is 0 Å². The van der Waals surface area contributed by atoms with Gasteiger partial charge in [0.1, 0.15) is 11.5 Å². The van der Waals surface area contributed by atoms with Crippen molar-refractivity contribution in [2.75, 3.05) is 5.01 Å². The summed E-state index contributed by atoms with van der Waals surface area (Å²) in [6.07, 6.45) is 0.304. The lowest BCUT2D eigenvalue weighted by atomic mass is 10.1. The largest absolute Gasteiger partial charge is 0.491 e. The van der Waals surface area contributed by atoms with Gasteiger partial charge in [0.05, 0.1) is 11.8 Å². The van der Waals surface area contributed by atoms with Crippen LogP contribution in [0, 0.1) is 6.92 Å². The van der Waals surface area contributed by atoms with E-state index in [9.17, 15) is 14.4 Å². The third-order valence-electron chi connectivity index (χ3n) is 4.47. The van der Waals surface area contributed by atoms with Crippen LogP contribution in [0.3, 0.4) is 0 Å². The van der Waals surface area contributed by atoms with Gasteiger partial charge in [0, 0.05) is 23.4 Å². The highest BCUT2D eigenvalue weighted by molar-refractivity contribution is 6.40. The van der Waals surface area contributed by atoms with Crippen molar-refractivity contribution in [1.29, 1.82) is 0 Å². The van der Waals surface area contributed by atoms with Gasteiger partial charge in [0.2, 0.25) is 5.91 Å². The van der Waals surface area contributed by atoms with Gasteiger partial charge in [0.15, 0.2) is 0 Å². The minimum Gasteiger partial charge on any atom is -0.491 e. The predicted molar refractivity (Wildman–Crippen MR) is 118 cm³/mol. The van der Waals surface area contributed by atoms with Crippen molar-refractivity contribution < 1.29 is 19.1 Å². The molecule has 2 aromatic carbocycles. The molecule has 1 heterocycles. The van der Waals surface area contributed by atoms with Crippen LogP contribution in [0.2, 0.25) is 5.02 Å². The zero-order valence-electron chi connectivity index (χ0n) is 17.4. The number of hydrazone groups is 1. The van der Waals surface area contributed by atoms with Gasteiger partial charge < -0.3 is 4.74 Å². The molecule has 3 amide bonds. The molecule has 0 spiro atoms. The molecule has 0 saturated carbocycles. The zero-order chi connectivity index (χ0) is 22.5. The third kappa shape index (κ3) is 5.61. The maximum atomic E-state index is 12.5. The molecule has 0 atom stereocenters. The molecule has 0 aromatic heterocycles. The molecule has 0 bridgehead atoms. The van der Waals surface area contributed by atoms with Crippen molar-refractivity contribution in [3.05, 3.63) is 58.6 Å². The zero-order valence-corrected chi connectivity index (χ0v) is 18.2. The van der Waals surface area contributed by atoms with Crippen molar-refractivity contribution in [1.82, 2.24) is 10.9 Å². The van der Waals surface area contributed by atoms with E-state index in [4.69, 9.17) is 16.3 Å². The number of amides is 3. The van der Waals surface area contributed by atoms with Crippen molar-refractivity contribution in [3.63, 3.8) is 0 Å². The van der Waals surface area contributed by atoms with E-state index in [-0.39, 0.29) is 30.6 Å². The van der Waals surface area contributed by atoms with Gasteiger partial charge in [-0.3, -0.25) is 25.2 Å². The topological polar surface area (TPSA) is 100 Å². The van der Waals surface area contributed by atoms with Gasteiger partial charge in [0.25, 0.3) is 11.8 Å². The summed E-state index contributed by atoms with van der Waals surface area (Å²) in [7, 11) is 0. The number of nitrogens with zero attached hydrogens (tertiary/aromatic N) is 2. The van der Waals surface area contributed by atoms with E-state index in [1.165, 1.54) is 0 Å². The van der Waals surface area contributed by atoms with E-state index in [0.717, 1.165) is 10.6 Å². The van der Waals surface area contributed by atoms with Crippen LogP contribution in [0.15, 0.2) is 47.6 Å². The Kier molecular flexibility index (Phi) is 6.91. The first-order valence-corrected chi connectivity index (χ1v) is 10.2. The van der Waals surface area contributed by atoms with Crippen molar-refractivity contribution in [3.8, 4) is 5.75 Å². The number of carbonyl (C=O) groups is 3. The van der Waals surface area contributed by atoms with E-state index < -0.39 is 11.8 Å². The van der Waals surface area contributed by atoms with Gasteiger partial charge in [-0.1, -0.05) is 17.7 Å². The van der Waals surface area contributed by atoms with E-state index in [1.807, 2.05) is 20.8 Å². The normalized spacial score (nSPS) is 13.6. The van der Waals surface area contributed by atoms with Crippen LogP contribution in [0.1, 0.15) is 42.6 Å². The molecule has 0 radical (unpaired) electrons. The van der Waals surface area contributed by atoms with Crippen molar-refractivity contribution >= 4 is 40.7 Å². The first-order valence-electron chi connectivity index (χ1n) is 9.78. The summed E-state index contributed by atoms with van der Waals surface area (Å²) >= 11 is 6.14. The standard InChI is InChI=1S/C22H23ClN4O4/c1-13(2)31-17-8-5-15(6-9-17)21(29)24-25-22(30)19-10-11-20(28)27(26-19)16-7-4-14(3)18(23)12-16/h4-9,12-13H,10-11H2,1-3H3,(H,24,29)(H,25,30). The molecule has 0 saturated heterocycles. The summed E-state index contributed by atoms with van der Waals surface area (Å²) in [5.74, 6) is -0.680. The van der Waals surface area contributed by atoms with Crippen LogP contribution in [0.25, 0.3) is 0 Å². The predicted octanol–water partition coefficient (Wildman–Crippen LogP) is 3.38. The Hall–Kier alpha value is -3.39. The second kappa shape index (κ2) is 9.61. The lowest BCUT2D eigenvalue weighted by Crippen LogP contribution is -2.47. The Morgan fingerprint density at radius 2 is 1.74 bits per heavy atom. The Morgan fingerprint density at radius 3 is 2.39 bits per heavy atom. The second-order valence-electron chi connectivity index (χ2n) is 7.28. The van der Waals surface area contributed by atoms with E-state index in [2.05, 4.69) is 16.0 Å². The first-order chi connectivity index (χ1) is 14.7. The summed E-state index contributed by atoms with van der Waals surface area (Å²) in [6.45, 7) is 5.67. The molecule has 162 valence electrons. The van der Waals surface area contributed by atoms with Crippen LogP contribution < -0.4 is 20.6 Å². The van der Waals surface area contributed by atoms with Gasteiger partial charge in [-0.05, 0) is 62.7 Å². The smallest absolute Gasteiger partial charge is 0.285 e. The second-order valence-corrected chi connectivity index (χ2v) is 7.69. The molecule has 9 heteroatoms. The molecule has 31 heavy (non-hydrogen) atoms. The number of hydrogen-bond donors (Lipinski definition) is 2. The number of benzene rings is 2.